The fourth-order valence-electron chi connectivity index (χ4n) is 1.97. The highest BCUT2D eigenvalue weighted by molar-refractivity contribution is 5.53. The third-order valence-electron chi connectivity index (χ3n) is 2.72. The molecule has 2 atom stereocenters. The molecular weight excluding hydrogens is 194 g/mol. The van der Waals surface area contributed by atoms with Gasteiger partial charge in [-0.05, 0) is 26.3 Å². The lowest BCUT2D eigenvalue weighted by Gasteiger charge is -2.31. The van der Waals surface area contributed by atoms with Gasteiger partial charge in [-0.2, -0.15) is 0 Å². The third-order valence-corrected chi connectivity index (χ3v) is 2.72. The van der Waals surface area contributed by atoms with E-state index < -0.39 is 6.10 Å². The normalized spacial score (nSPS) is 25.1. The van der Waals surface area contributed by atoms with E-state index in [-0.39, 0.29) is 5.92 Å². The van der Waals surface area contributed by atoms with E-state index in [0.29, 0.717) is 19.8 Å². The zero-order valence-corrected chi connectivity index (χ0v) is 9.39. The Labute approximate surface area is 91.2 Å². The predicted molar refractivity (Wildman–Crippen MR) is 57.7 cm³/mol. The van der Waals surface area contributed by atoms with E-state index in [1.807, 2.05) is 6.92 Å². The molecule has 15 heavy (non-hydrogen) atoms. The first-order valence-corrected chi connectivity index (χ1v) is 5.69. The van der Waals surface area contributed by atoms with E-state index >= 15 is 0 Å². The molecule has 0 aromatic rings. The summed E-state index contributed by atoms with van der Waals surface area (Å²) in [6, 6.07) is 0. The first kappa shape index (κ1) is 12.6. The van der Waals surface area contributed by atoms with Gasteiger partial charge in [0.2, 0.25) is 0 Å². The van der Waals surface area contributed by atoms with Gasteiger partial charge in [0.15, 0.2) is 0 Å². The number of likely N-dealkylation sites (tertiary alicyclic amines) is 1. The van der Waals surface area contributed by atoms with Crippen LogP contribution in [0.25, 0.3) is 0 Å². The number of aliphatic hydroxyl groups excluding tert-OH is 1. The van der Waals surface area contributed by atoms with Crippen LogP contribution >= 0.6 is 0 Å². The quantitative estimate of drug-likeness (QED) is 0.647. The second kappa shape index (κ2) is 6.93. The average Bonchev–Trinajstić information content (AvgIpc) is 2.26. The standard InChI is InChI=1S/C11H21NO3/c1-2-15-9-11(14)7-12-5-3-4-10(6-12)8-13/h8,10-11,14H,2-7,9H2,1H3. The number of piperidine rings is 1. The Bertz CT molecular complexity index is 187. The molecule has 1 rings (SSSR count). The Morgan fingerprint density at radius 2 is 2.47 bits per heavy atom. The molecule has 0 spiro atoms. The summed E-state index contributed by atoms with van der Waals surface area (Å²) in [5, 5.41) is 9.64. The first-order chi connectivity index (χ1) is 7.26. The molecule has 0 saturated carbocycles. The summed E-state index contributed by atoms with van der Waals surface area (Å²) < 4.78 is 5.14. The topological polar surface area (TPSA) is 49.8 Å². The van der Waals surface area contributed by atoms with E-state index in [1.165, 1.54) is 0 Å². The first-order valence-electron chi connectivity index (χ1n) is 5.69. The van der Waals surface area contributed by atoms with Crippen LogP contribution in [0.2, 0.25) is 0 Å². The van der Waals surface area contributed by atoms with Crippen molar-refractivity contribution >= 4 is 6.29 Å². The molecule has 1 heterocycles. The van der Waals surface area contributed by atoms with Gasteiger partial charge in [0, 0.05) is 25.6 Å². The Kier molecular flexibility index (Phi) is 5.83. The maximum absolute atomic E-state index is 10.6. The molecule has 1 aliphatic heterocycles. The molecule has 1 aliphatic rings. The number of ether oxygens (including phenoxy) is 1. The highest BCUT2D eigenvalue weighted by Gasteiger charge is 2.20. The van der Waals surface area contributed by atoms with Crippen molar-refractivity contribution in [3.05, 3.63) is 0 Å². The fraction of sp³-hybridized carbons (Fsp3) is 0.909. The van der Waals surface area contributed by atoms with E-state index in [9.17, 15) is 9.90 Å². The zero-order valence-electron chi connectivity index (χ0n) is 9.39. The van der Waals surface area contributed by atoms with E-state index in [1.54, 1.807) is 0 Å². The lowest BCUT2D eigenvalue weighted by molar-refractivity contribution is -0.112. The van der Waals surface area contributed by atoms with Gasteiger partial charge in [0.05, 0.1) is 12.7 Å². The summed E-state index contributed by atoms with van der Waals surface area (Å²) in [6.07, 6.45) is 2.63. The number of carbonyl (C=O) groups is 1. The van der Waals surface area contributed by atoms with Crippen LogP contribution in [-0.2, 0) is 9.53 Å². The molecule has 0 aliphatic carbocycles. The maximum atomic E-state index is 10.6. The van der Waals surface area contributed by atoms with Gasteiger partial charge in [-0.25, -0.2) is 0 Å². The van der Waals surface area contributed by atoms with Gasteiger partial charge in [-0.1, -0.05) is 0 Å². The van der Waals surface area contributed by atoms with E-state index in [2.05, 4.69) is 4.90 Å². The van der Waals surface area contributed by atoms with Crippen molar-refractivity contribution in [3.63, 3.8) is 0 Å². The van der Waals surface area contributed by atoms with Crippen molar-refractivity contribution in [2.75, 3.05) is 32.8 Å². The number of rotatable bonds is 6. The van der Waals surface area contributed by atoms with Crippen LogP contribution in [0, 0.1) is 5.92 Å². The second-order valence-corrected chi connectivity index (χ2v) is 4.11. The molecule has 1 N–H and O–H groups in total. The summed E-state index contributed by atoms with van der Waals surface area (Å²) in [5.41, 5.74) is 0. The molecule has 0 aromatic carbocycles. The summed E-state index contributed by atoms with van der Waals surface area (Å²) in [4.78, 5) is 12.8. The van der Waals surface area contributed by atoms with Crippen LogP contribution in [0.3, 0.4) is 0 Å². The lowest BCUT2D eigenvalue weighted by Crippen LogP contribution is -2.41. The summed E-state index contributed by atoms with van der Waals surface area (Å²) in [6.45, 7) is 5.31. The maximum Gasteiger partial charge on any atom is 0.124 e. The number of nitrogens with zero attached hydrogens (tertiary/aromatic N) is 1. The van der Waals surface area contributed by atoms with E-state index in [0.717, 1.165) is 32.2 Å². The predicted octanol–water partition coefficient (Wildman–Crippen LogP) is 0.295. The molecular formula is C11H21NO3. The largest absolute Gasteiger partial charge is 0.389 e. The molecule has 0 aromatic heterocycles. The molecule has 1 saturated heterocycles. The minimum Gasteiger partial charge on any atom is -0.389 e. The van der Waals surface area contributed by atoms with Crippen molar-refractivity contribution in [3.8, 4) is 0 Å². The Balaban J connectivity index is 2.21. The molecule has 88 valence electrons. The SMILES string of the molecule is CCOCC(O)CN1CCCC(C=O)C1. The van der Waals surface area contributed by atoms with Crippen molar-refractivity contribution < 1.29 is 14.6 Å². The third kappa shape index (κ3) is 4.73. The highest BCUT2D eigenvalue weighted by atomic mass is 16.5. The van der Waals surface area contributed by atoms with Gasteiger partial charge in [-0.15, -0.1) is 0 Å². The molecule has 1 fully saturated rings. The smallest absolute Gasteiger partial charge is 0.124 e. The Morgan fingerprint density at radius 3 is 3.13 bits per heavy atom. The van der Waals surface area contributed by atoms with Crippen molar-refractivity contribution in [2.45, 2.75) is 25.9 Å². The van der Waals surface area contributed by atoms with Gasteiger partial charge < -0.3 is 14.6 Å². The zero-order chi connectivity index (χ0) is 11.1. The number of aldehydes is 1. The van der Waals surface area contributed by atoms with Crippen molar-refractivity contribution in [2.24, 2.45) is 5.92 Å². The monoisotopic (exact) mass is 215 g/mol. The van der Waals surface area contributed by atoms with Crippen molar-refractivity contribution in [1.82, 2.24) is 4.90 Å². The van der Waals surface area contributed by atoms with Crippen LogP contribution in [0.5, 0.6) is 0 Å². The van der Waals surface area contributed by atoms with Crippen molar-refractivity contribution in [1.29, 1.82) is 0 Å². The lowest BCUT2D eigenvalue weighted by atomic mass is 9.99. The fourth-order valence-corrected chi connectivity index (χ4v) is 1.97. The number of aliphatic hydroxyl groups is 1. The minimum atomic E-state index is -0.435. The minimum absolute atomic E-state index is 0.151. The van der Waals surface area contributed by atoms with E-state index in [4.69, 9.17) is 4.74 Å². The number of hydrogen-bond acceptors (Lipinski definition) is 4. The summed E-state index contributed by atoms with van der Waals surface area (Å²) in [5.74, 6) is 0.151. The van der Waals surface area contributed by atoms with Crippen LogP contribution in [0.4, 0.5) is 0 Å². The van der Waals surface area contributed by atoms with Crippen LogP contribution < -0.4 is 0 Å². The molecule has 4 nitrogen and oxygen atoms in total. The number of carbonyl (C=O) groups excluding carboxylic acids is 1. The molecule has 2 unspecified atom stereocenters. The average molecular weight is 215 g/mol. The summed E-state index contributed by atoms with van der Waals surface area (Å²) >= 11 is 0. The van der Waals surface area contributed by atoms with Gasteiger partial charge in [0.25, 0.3) is 0 Å². The van der Waals surface area contributed by atoms with Gasteiger partial charge in [0.1, 0.15) is 6.29 Å². The molecule has 4 heteroatoms. The molecule has 0 bridgehead atoms. The number of β-amino-alcohol motifs (C(OH)–C–C–N with tert-alkyl or cyclic N) is 1. The number of hydrogen-bond donors (Lipinski definition) is 1. The molecule has 0 amide bonds. The second-order valence-electron chi connectivity index (χ2n) is 4.11. The van der Waals surface area contributed by atoms with Gasteiger partial charge >= 0.3 is 0 Å². The van der Waals surface area contributed by atoms with Gasteiger partial charge in [-0.3, -0.25) is 4.90 Å². The highest BCUT2D eigenvalue weighted by Crippen LogP contribution is 2.14. The Morgan fingerprint density at radius 1 is 1.67 bits per heavy atom. The molecule has 0 radical (unpaired) electrons. The van der Waals surface area contributed by atoms with Crippen LogP contribution in [0.15, 0.2) is 0 Å². The Hall–Kier alpha value is -0.450. The van der Waals surface area contributed by atoms with Crippen LogP contribution in [0.1, 0.15) is 19.8 Å². The summed E-state index contributed by atoms with van der Waals surface area (Å²) in [7, 11) is 0. The van der Waals surface area contributed by atoms with Crippen LogP contribution in [-0.4, -0.2) is 55.2 Å².